The van der Waals surface area contributed by atoms with Gasteiger partial charge in [0.15, 0.2) is 0 Å². The first-order chi connectivity index (χ1) is 6.45. The molecule has 0 spiro atoms. The summed E-state index contributed by atoms with van der Waals surface area (Å²) in [5.74, 6) is -3.18. The van der Waals surface area contributed by atoms with Gasteiger partial charge < -0.3 is 10.2 Å². The Hall–Kier alpha value is -1.58. The van der Waals surface area contributed by atoms with Crippen molar-refractivity contribution < 1.29 is 19.4 Å². The van der Waals surface area contributed by atoms with Crippen molar-refractivity contribution in [3.05, 3.63) is 29.1 Å². The Labute approximate surface area is 80.8 Å². The number of carboxylic acids is 1. The van der Waals surface area contributed by atoms with Crippen LogP contribution in [-0.4, -0.2) is 16.2 Å². The Balaban J connectivity index is 3.32. The Morgan fingerprint density at radius 1 is 1.50 bits per heavy atom. The molecule has 1 atom stereocenters. The number of aryl methyl sites for hydroxylation is 1. The lowest BCUT2D eigenvalue weighted by molar-refractivity contribution is -0.138. The van der Waals surface area contributed by atoms with Crippen LogP contribution in [0.5, 0.6) is 5.75 Å². The second kappa shape index (κ2) is 3.65. The highest BCUT2D eigenvalue weighted by atomic mass is 19.1. The SMILES string of the molecule is Cc1ccc(F)c(C(C)C(=O)O)c1O. The molecule has 0 heterocycles. The van der Waals surface area contributed by atoms with Crippen molar-refractivity contribution in [2.75, 3.05) is 0 Å². The summed E-state index contributed by atoms with van der Waals surface area (Å²) in [5.41, 5.74) is 0.312. The van der Waals surface area contributed by atoms with Crippen LogP contribution in [-0.2, 0) is 4.79 Å². The molecule has 0 saturated carbocycles. The summed E-state index contributed by atoms with van der Waals surface area (Å²) >= 11 is 0. The molecule has 2 N–H and O–H groups in total. The first-order valence-electron chi connectivity index (χ1n) is 4.16. The van der Waals surface area contributed by atoms with Gasteiger partial charge in [-0.05, 0) is 25.5 Å². The van der Waals surface area contributed by atoms with Gasteiger partial charge in [0.2, 0.25) is 0 Å². The molecule has 1 aromatic carbocycles. The Kier molecular flexibility index (Phi) is 2.74. The standard InChI is InChI=1S/C10H11FO3/c1-5-3-4-7(11)8(9(5)12)6(2)10(13)14/h3-4,6,12H,1-2H3,(H,13,14). The van der Waals surface area contributed by atoms with Crippen molar-refractivity contribution in [3.8, 4) is 5.75 Å². The summed E-state index contributed by atoms with van der Waals surface area (Å²) in [7, 11) is 0. The maximum absolute atomic E-state index is 13.2. The van der Waals surface area contributed by atoms with E-state index in [0.717, 1.165) is 6.07 Å². The molecule has 1 aromatic rings. The van der Waals surface area contributed by atoms with Crippen LogP contribution in [0.25, 0.3) is 0 Å². The lowest BCUT2D eigenvalue weighted by Gasteiger charge is -2.11. The number of phenolic OH excluding ortho intramolecular Hbond substituents is 1. The van der Waals surface area contributed by atoms with Crippen molar-refractivity contribution in [3.63, 3.8) is 0 Å². The molecule has 0 aliphatic carbocycles. The van der Waals surface area contributed by atoms with E-state index in [1.54, 1.807) is 6.92 Å². The molecule has 14 heavy (non-hydrogen) atoms. The number of aliphatic carboxylic acids is 1. The molecule has 4 heteroatoms. The first-order valence-corrected chi connectivity index (χ1v) is 4.16. The van der Waals surface area contributed by atoms with E-state index in [1.807, 2.05) is 0 Å². The molecule has 0 bridgehead atoms. The van der Waals surface area contributed by atoms with E-state index < -0.39 is 17.7 Å². The Bertz CT molecular complexity index is 374. The zero-order chi connectivity index (χ0) is 10.9. The fourth-order valence-electron chi connectivity index (χ4n) is 1.23. The van der Waals surface area contributed by atoms with Crippen LogP contribution in [0.1, 0.15) is 24.0 Å². The summed E-state index contributed by atoms with van der Waals surface area (Å²) in [6.45, 7) is 2.92. The molecule has 0 amide bonds. The maximum atomic E-state index is 13.2. The normalized spacial score (nSPS) is 12.5. The van der Waals surface area contributed by atoms with Gasteiger partial charge >= 0.3 is 5.97 Å². The van der Waals surface area contributed by atoms with E-state index in [4.69, 9.17) is 5.11 Å². The lowest BCUT2D eigenvalue weighted by Crippen LogP contribution is -2.10. The highest BCUT2D eigenvalue weighted by molar-refractivity contribution is 5.77. The van der Waals surface area contributed by atoms with E-state index in [9.17, 15) is 14.3 Å². The molecule has 3 nitrogen and oxygen atoms in total. The van der Waals surface area contributed by atoms with Crippen molar-refractivity contribution >= 4 is 5.97 Å². The van der Waals surface area contributed by atoms with Crippen LogP contribution in [0.15, 0.2) is 12.1 Å². The number of phenols is 1. The fraction of sp³-hybridized carbons (Fsp3) is 0.300. The summed E-state index contributed by atoms with van der Waals surface area (Å²) in [6.07, 6.45) is 0. The van der Waals surface area contributed by atoms with Crippen LogP contribution in [0.4, 0.5) is 4.39 Å². The van der Waals surface area contributed by atoms with Crippen molar-refractivity contribution in [1.29, 1.82) is 0 Å². The van der Waals surface area contributed by atoms with Gasteiger partial charge in [0.05, 0.1) is 5.92 Å². The summed E-state index contributed by atoms with van der Waals surface area (Å²) in [5, 5.41) is 18.2. The zero-order valence-corrected chi connectivity index (χ0v) is 7.91. The first kappa shape index (κ1) is 10.5. The summed E-state index contributed by atoms with van der Waals surface area (Å²) < 4.78 is 13.2. The molecular formula is C10H11FO3. The van der Waals surface area contributed by atoms with Gasteiger partial charge in [0.1, 0.15) is 11.6 Å². The molecule has 0 radical (unpaired) electrons. The topological polar surface area (TPSA) is 57.5 Å². The minimum absolute atomic E-state index is 0.155. The highest BCUT2D eigenvalue weighted by Crippen LogP contribution is 2.31. The molecule has 76 valence electrons. The predicted molar refractivity (Wildman–Crippen MR) is 48.9 cm³/mol. The third kappa shape index (κ3) is 1.69. The molecular weight excluding hydrogens is 187 g/mol. The van der Waals surface area contributed by atoms with Crippen LogP contribution >= 0.6 is 0 Å². The molecule has 1 rings (SSSR count). The Morgan fingerprint density at radius 3 is 2.57 bits per heavy atom. The van der Waals surface area contributed by atoms with Gasteiger partial charge in [-0.3, -0.25) is 4.79 Å². The van der Waals surface area contributed by atoms with E-state index in [-0.39, 0.29) is 11.3 Å². The van der Waals surface area contributed by atoms with Crippen molar-refractivity contribution in [1.82, 2.24) is 0 Å². The molecule has 0 aromatic heterocycles. The number of hydrogen-bond donors (Lipinski definition) is 2. The number of carbonyl (C=O) groups is 1. The van der Waals surface area contributed by atoms with Crippen LogP contribution in [0.2, 0.25) is 0 Å². The third-order valence-corrected chi connectivity index (χ3v) is 2.17. The monoisotopic (exact) mass is 198 g/mol. The third-order valence-electron chi connectivity index (χ3n) is 2.17. The number of aromatic hydroxyl groups is 1. The number of halogens is 1. The molecule has 0 aliphatic heterocycles. The quantitative estimate of drug-likeness (QED) is 0.764. The average molecular weight is 198 g/mol. The van der Waals surface area contributed by atoms with E-state index in [0.29, 0.717) is 5.56 Å². The number of hydrogen-bond acceptors (Lipinski definition) is 2. The maximum Gasteiger partial charge on any atom is 0.310 e. The molecule has 0 fully saturated rings. The molecule has 1 unspecified atom stereocenters. The summed E-state index contributed by atoms with van der Waals surface area (Å²) in [6, 6.07) is 2.56. The van der Waals surface area contributed by atoms with Gasteiger partial charge in [0, 0.05) is 5.56 Å². The fourth-order valence-corrected chi connectivity index (χ4v) is 1.23. The Morgan fingerprint density at radius 2 is 2.07 bits per heavy atom. The van der Waals surface area contributed by atoms with E-state index in [2.05, 4.69) is 0 Å². The van der Waals surface area contributed by atoms with Crippen molar-refractivity contribution in [2.45, 2.75) is 19.8 Å². The second-order valence-corrected chi connectivity index (χ2v) is 3.19. The van der Waals surface area contributed by atoms with Gasteiger partial charge in [-0.2, -0.15) is 0 Å². The number of benzene rings is 1. The summed E-state index contributed by atoms with van der Waals surface area (Å²) in [4.78, 5) is 10.6. The highest BCUT2D eigenvalue weighted by Gasteiger charge is 2.22. The number of rotatable bonds is 2. The minimum Gasteiger partial charge on any atom is -0.507 e. The van der Waals surface area contributed by atoms with E-state index >= 15 is 0 Å². The van der Waals surface area contributed by atoms with Crippen LogP contribution in [0.3, 0.4) is 0 Å². The van der Waals surface area contributed by atoms with Crippen molar-refractivity contribution in [2.24, 2.45) is 0 Å². The van der Waals surface area contributed by atoms with Gasteiger partial charge in [-0.15, -0.1) is 0 Å². The lowest BCUT2D eigenvalue weighted by atomic mass is 9.97. The average Bonchev–Trinajstić information content (AvgIpc) is 2.12. The van der Waals surface area contributed by atoms with Gasteiger partial charge in [-0.25, -0.2) is 4.39 Å². The smallest absolute Gasteiger partial charge is 0.310 e. The number of carboxylic acid groups (broad SMARTS) is 1. The molecule has 0 aliphatic rings. The van der Waals surface area contributed by atoms with E-state index in [1.165, 1.54) is 13.0 Å². The largest absolute Gasteiger partial charge is 0.507 e. The predicted octanol–water partition coefficient (Wildman–Crippen LogP) is 2.03. The van der Waals surface area contributed by atoms with Gasteiger partial charge in [0.25, 0.3) is 0 Å². The zero-order valence-electron chi connectivity index (χ0n) is 7.91. The van der Waals surface area contributed by atoms with Crippen LogP contribution in [0, 0.1) is 12.7 Å². The second-order valence-electron chi connectivity index (χ2n) is 3.19. The van der Waals surface area contributed by atoms with Crippen LogP contribution < -0.4 is 0 Å². The minimum atomic E-state index is -1.16. The van der Waals surface area contributed by atoms with Gasteiger partial charge in [-0.1, -0.05) is 6.07 Å². The molecule has 0 saturated heterocycles.